The summed E-state index contributed by atoms with van der Waals surface area (Å²) in [6.45, 7) is 0. The number of hydrogen-bond acceptors (Lipinski definition) is 6. The van der Waals surface area contributed by atoms with E-state index in [4.69, 9.17) is 18.6 Å². The molecule has 0 saturated heterocycles. The number of rotatable bonds is 6. The van der Waals surface area contributed by atoms with Crippen LogP contribution in [0, 0.1) is 12.1 Å². The zero-order chi connectivity index (χ0) is 30.6. The summed E-state index contributed by atoms with van der Waals surface area (Å²) in [6.07, 6.45) is 5.45. The van der Waals surface area contributed by atoms with Gasteiger partial charge in [0.15, 0.2) is 0 Å². The van der Waals surface area contributed by atoms with Crippen LogP contribution in [0.5, 0.6) is 11.5 Å². The third-order valence-corrected chi connectivity index (χ3v) is 8.14. The van der Waals surface area contributed by atoms with Gasteiger partial charge >= 0.3 is 21.1 Å². The standard InChI is InChI=1S/C39H24N4O3.Pt/c1-42-20-19-41-39(42)25-21-33-37(29-14-6-8-16-32(29)44-33)34(22-25)45-35-24-27(23-30-28-13-5-7-15-31(28)46-38(30)35)43(26-11-3-2-4-12-26)36-17-9-10-18-40-36;/h2-21,23H,1H3;/q-2;+2. The van der Waals surface area contributed by atoms with Gasteiger partial charge in [0.25, 0.3) is 0 Å². The summed E-state index contributed by atoms with van der Waals surface area (Å²) in [5.74, 6) is 2.39. The van der Waals surface area contributed by atoms with Crippen LogP contribution in [0.15, 0.2) is 137 Å². The zero-order valence-corrected chi connectivity index (χ0v) is 27.2. The molecular weight excluding hydrogens is 768 g/mol. The quantitative estimate of drug-likeness (QED) is 0.156. The smallest absolute Gasteiger partial charge is 0.512 e. The maximum absolute atomic E-state index is 6.89. The van der Waals surface area contributed by atoms with E-state index in [0.29, 0.717) is 22.7 Å². The Kier molecular flexibility index (Phi) is 7.11. The summed E-state index contributed by atoms with van der Waals surface area (Å²) < 4.78 is 21.6. The molecule has 0 atom stereocenters. The molecule has 228 valence electrons. The van der Waals surface area contributed by atoms with Gasteiger partial charge in [0.2, 0.25) is 0 Å². The molecule has 0 aliphatic heterocycles. The summed E-state index contributed by atoms with van der Waals surface area (Å²) in [4.78, 5) is 11.3. The summed E-state index contributed by atoms with van der Waals surface area (Å²) in [5, 5.41) is 3.59. The number of furan rings is 2. The van der Waals surface area contributed by atoms with E-state index in [1.54, 1.807) is 12.4 Å². The summed E-state index contributed by atoms with van der Waals surface area (Å²) in [7, 11) is 1.95. The molecule has 4 heterocycles. The molecule has 0 aliphatic rings. The molecule has 47 heavy (non-hydrogen) atoms. The largest absolute Gasteiger partial charge is 2.00 e. The Hall–Kier alpha value is -5.65. The van der Waals surface area contributed by atoms with Crippen molar-refractivity contribution in [3.8, 4) is 22.9 Å². The maximum atomic E-state index is 6.89. The number of para-hydroxylation sites is 3. The summed E-state index contributed by atoms with van der Waals surface area (Å²) in [6, 6.07) is 43.0. The fourth-order valence-corrected chi connectivity index (χ4v) is 6.05. The van der Waals surface area contributed by atoms with Gasteiger partial charge in [-0.1, -0.05) is 83.9 Å². The van der Waals surface area contributed by atoms with Crippen molar-refractivity contribution in [2.45, 2.75) is 0 Å². The van der Waals surface area contributed by atoms with Gasteiger partial charge in [0.05, 0.1) is 28.5 Å². The Balaban J connectivity index is 0.00000324. The third-order valence-electron chi connectivity index (χ3n) is 8.14. The molecule has 7 nitrogen and oxygen atoms in total. The van der Waals surface area contributed by atoms with Crippen LogP contribution in [-0.2, 0) is 28.1 Å². The molecule has 9 rings (SSSR count). The Morgan fingerprint density at radius 1 is 0.681 bits per heavy atom. The maximum Gasteiger partial charge on any atom is 2.00 e. The molecule has 0 bridgehead atoms. The molecule has 0 N–H and O–H groups in total. The molecule has 0 radical (unpaired) electrons. The molecule has 0 fully saturated rings. The minimum absolute atomic E-state index is 0. The third kappa shape index (κ3) is 4.87. The fraction of sp³-hybridized carbons (Fsp3) is 0.0256. The van der Waals surface area contributed by atoms with Gasteiger partial charge in [-0.25, -0.2) is 4.98 Å². The molecule has 0 spiro atoms. The van der Waals surface area contributed by atoms with Crippen molar-refractivity contribution in [1.82, 2.24) is 14.5 Å². The van der Waals surface area contributed by atoms with Crippen LogP contribution in [0.2, 0.25) is 0 Å². The van der Waals surface area contributed by atoms with Crippen LogP contribution in [0.4, 0.5) is 17.2 Å². The van der Waals surface area contributed by atoms with E-state index in [1.165, 1.54) is 0 Å². The van der Waals surface area contributed by atoms with Crippen LogP contribution >= 0.6 is 0 Å². The number of ether oxygens (including phenoxy) is 1. The summed E-state index contributed by atoms with van der Waals surface area (Å²) in [5.41, 5.74) is 5.17. The molecular formula is C39H24N4O3Pt. The molecule has 9 aromatic rings. The number of imidazole rings is 1. The second-order valence-electron chi connectivity index (χ2n) is 11.0. The van der Waals surface area contributed by atoms with Crippen molar-refractivity contribution in [1.29, 1.82) is 0 Å². The molecule has 4 aromatic heterocycles. The Morgan fingerprint density at radius 3 is 2.19 bits per heavy atom. The first-order chi connectivity index (χ1) is 22.7. The van der Waals surface area contributed by atoms with Crippen molar-refractivity contribution in [3.63, 3.8) is 0 Å². The van der Waals surface area contributed by atoms with Crippen LogP contribution in [0.3, 0.4) is 0 Å². The van der Waals surface area contributed by atoms with E-state index in [2.05, 4.69) is 34.1 Å². The number of aryl methyl sites for hydroxylation is 1. The van der Waals surface area contributed by atoms with Crippen LogP contribution in [-0.4, -0.2) is 14.5 Å². The van der Waals surface area contributed by atoms with Gasteiger partial charge in [0.1, 0.15) is 17.0 Å². The molecule has 0 unspecified atom stereocenters. The Bertz CT molecular complexity index is 2500. The molecule has 0 amide bonds. The number of pyridine rings is 1. The van der Waals surface area contributed by atoms with Crippen molar-refractivity contribution in [3.05, 3.63) is 140 Å². The number of aromatic nitrogens is 3. The second kappa shape index (κ2) is 11.6. The number of hydrogen-bond donors (Lipinski definition) is 0. The van der Waals surface area contributed by atoms with E-state index in [0.717, 1.165) is 61.3 Å². The van der Waals surface area contributed by atoms with Crippen LogP contribution in [0.25, 0.3) is 55.3 Å². The number of benzene rings is 5. The minimum Gasteiger partial charge on any atom is -0.512 e. The monoisotopic (exact) mass is 791 g/mol. The van der Waals surface area contributed by atoms with E-state index in [9.17, 15) is 0 Å². The van der Waals surface area contributed by atoms with Crippen molar-refractivity contribution in [2.75, 3.05) is 4.90 Å². The van der Waals surface area contributed by atoms with E-state index < -0.39 is 0 Å². The Labute approximate surface area is 283 Å². The van der Waals surface area contributed by atoms with Crippen molar-refractivity contribution >= 4 is 61.1 Å². The fourth-order valence-electron chi connectivity index (χ4n) is 6.05. The van der Waals surface area contributed by atoms with Gasteiger partial charge in [-0.3, -0.25) is 4.98 Å². The first-order valence-electron chi connectivity index (χ1n) is 14.9. The van der Waals surface area contributed by atoms with Crippen LogP contribution in [0.1, 0.15) is 0 Å². The average Bonchev–Trinajstić information content (AvgIpc) is 3.81. The Morgan fingerprint density at radius 2 is 1.43 bits per heavy atom. The van der Waals surface area contributed by atoms with E-state index in [1.807, 2.05) is 115 Å². The molecule has 0 saturated carbocycles. The van der Waals surface area contributed by atoms with E-state index >= 15 is 0 Å². The predicted octanol–water partition coefficient (Wildman–Crippen LogP) is 10.1. The van der Waals surface area contributed by atoms with Crippen molar-refractivity contribution < 1.29 is 34.6 Å². The molecule has 0 aliphatic carbocycles. The average molecular weight is 792 g/mol. The van der Waals surface area contributed by atoms with Gasteiger partial charge in [-0.2, -0.15) is 0 Å². The topological polar surface area (TPSA) is 69.5 Å². The SMILES string of the molecule is Cn1ccnc1-c1[c-]c(Oc2[c-]c(N(c3ccccc3)c3ccccn3)cc3c2oc2ccccc23)c2c(c1)oc1ccccc12.[Pt+2]. The van der Waals surface area contributed by atoms with Gasteiger partial charge in [0, 0.05) is 36.7 Å². The number of fused-ring (bicyclic) bond motifs is 6. The summed E-state index contributed by atoms with van der Waals surface area (Å²) >= 11 is 0. The second-order valence-corrected chi connectivity index (χ2v) is 11.0. The number of nitrogens with zero attached hydrogens (tertiary/aromatic N) is 4. The number of anilines is 3. The molecule has 8 heteroatoms. The zero-order valence-electron chi connectivity index (χ0n) is 25.0. The minimum atomic E-state index is 0. The predicted molar refractivity (Wildman–Crippen MR) is 180 cm³/mol. The van der Waals surface area contributed by atoms with Gasteiger partial charge in [-0.15, -0.1) is 17.7 Å². The van der Waals surface area contributed by atoms with Crippen LogP contribution < -0.4 is 9.64 Å². The first-order valence-corrected chi connectivity index (χ1v) is 14.9. The van der Waals surface area contributed by atoms with Gasteiger partial charge < -0.3 is 23.0 Å². The van der Waals surface area contributed by atoms with E-state index in [-0.39, 0.29) is 21.1 Å². The first kappa shape index (κ1) is 28.8. The normalized spacial score (nSPS) is 11.3. The van der Waals surface area contributed by atoms with Gasteiger partial charge in [-0.05, 0) is 47.2 Å². The molecule has 5 aromatic carbocycles. The van der Waals surface area contributed by atoms with Crippen molar-refractivity contribution in [2.24, 2.45) is 7.05 Å².